The maximum atomic E-state index is 13.5. The number of anilines is 2. The monoisotopic (exact) mass is 502 g/mol. The maximum absolute atomic E-state index is 13.5. The molecule has 3 fully saturated rings. The van der Waals surface area contributed by atoms with Crippen molar-refractivity contribution < 1.29 is 9.59 Å². The van der Waals surface area contributed by atoms with Gasteiger partial charge in [0, 0.05) is 29.1 Å². The molecule has 5 heteroatoms. The average Bonchev–Trinajstić information content (AvgIpc) is 3.24. The number of para-hydroxylation sites is 2. The lowest BCUT2D eigenvalue weighted by molar-refractivity contribution is -0.128. The molecule has 0 unspecified atom stereocenters. The molecular formula is C31H35ClN2O2. The Labute approximate surface area is 219 Å². The van der Waals surface area contributed by atoms with Crippen LogP contribution in [0.2, 0.25) is 5.02 Å². The van der Waals surface area contributed by atoms with Gasteiger partial charge >= 0.3 is 0 Å². The van der Waals surface area contributed by atoms with Crippen molar-refractivity contribution >= 4 is 34.8 Å². The second kappa shape index (κ2) is 8.76. The average molecular weight is 503 g/mol. The van der Waals surface area contributed by atoms with Gasteiger partial charge in [-0.05, 0) is 86.0 Å². The van der Waals surface area contributed by atoms with Crippen molar-refractivity contribution in [3.63, 3.8) is 0 Å². The summed E-state index contributed by atoms with van der Waals surface area (Å²) in [5.41, 5.74) is 1.66. The Hall–Kier alpha value is -2.59. The van der Waals surface area contributed by atoms with Crippen LogP contribution in [0.5, 0.6) is 0 Å². The molecule has 188 valence electrons. The number of benzene rings is 2. The van der Waals surface area contributed by atoms with Gasteiger partial charge in [0.05, 0.1) is 10.7 Å². The molecule has 0 radical (unpaired) electrons. The first-order valence-corrected chi connectivity index (χ1v) is 13.8. The van der Waals surface area contributed by atoms with Gasteiger partial charge in [0.1, 0.15) is 0 Å². The van der Waals surface area contributed by atoms with E-state index in [1.165, 1.54) is 0 Å². The number of halogens is 1. The molecule has 1 aliphatic heterocycles. The predicted molar refractivity (Wildman–Crippen MR) is 145 cm³/mol. The molecule has 1 N–H and O–H groups in total. The molecule has 3 aliphatic carbocycles. The van der Waals surface area contributed by atoms with Crippen LogP contribution in [0.3, 0.4) is 0 Å². The van der Waals surface area contributed by atoms with E-state index < -0.39 is 0 Å². The molecule has 3 saturated carbocycles. The predicted octanol–water partition coefficient (Wildman–Crippen LogP) is 7.11. The molecule has 6 rings (SSSR count). The first kappa shape index (κ1) is 23.8. The van der Waals surface area contributed by atoms with Gasteiger partial charge in [0.25, 0.3) is 5.91 Å². The summed E-state index contributed by atoms with van der Waals surface area (Å²) in [4.78, 5) is 28.6. The van der Waals surface area contributed by atoms with Crippen molar-refractivity contribution in [1.82, 2.24) is 0 Å². The molecule has 1 heterocycles. The number of rotatable bonds is 3. The van der Waals surface area contributed by atoms with E-state index in [-0.39, 0.29) is 34.6 Å². The second-order valence-electron chi connectivity index (χ2n) is 11.9. The number of nitrogens with one attached hydrogen (secondary N) is 1. The van der Waals surface area contributed by atoms with E-state index in [9.17, 15) is 9.59 Å². The highest BCUT2D eigenvalue weighted by molar-refractivity contribution is 6.33. The van der Waals surface area contributed by atoms with E-state index in [2.05, 4.69) is 42.3 Å². The lowest BCUT2D eigenvalue weighted by Gasteiger charge is -2.60. The Morgan fingerprint density at radius 2 is 1.69 bits per heavy atom. The van der Waals surface area contributed by atoms with Crippen molar-refractivity contribution in [2.24, 2.45) is 34.5 Å². The molecule has 0 bridgehead atoms. The molecule has 4 aliphatic rings. The molecule has 2 amide bonds. The lowest BCUT2D eigenvalue weighted by atomic mass is 9.47. The Bertz CT molecular complexity index is 1210. The molecule has 0 aromatic heterocycles. The standard InChI is InChI=1S/C31H35ClN2O2/c1-30-18-16-23-21(22(30)13-14-24(30)29(36)33-26-11-7-6-10-25(26)32)12-15-27-31(23,2)19-17-28(35)34(27)20-8-4-3-5-9-20/h3-11,17,19,21-24,27H,12-16,18H2,1-2H3,(H,33,36)/t21-,22-,23-,24+,27+,30-,31+/m0/s1. The third-order valence-electron chi connectivity index (χ3n) is 10.3. The topological polar surface area (TPSA) is 49.4 Å². The minimum absolute atomic E-state index is 0.00300. The van der Waals surface area contributed by atoms with Gasteiger partial charge in [-0.15, -0.1) is 0 Å². The van der Waals surface area contributed by atoms with Crippen LogP contribution in [-0.2, 0) is 9.59 Å². The van der Waals surface area contributed by atoms with Gasteiger partial charge < -0.3 is 10.2 Å². The first-order valence-electron chi connectivity index (χ1n) is 13.5. The number of nitrogens with zero attached hydrogens (tertiary/aromatic N) is 1. The van der Waals surface area contributed by atoms with E-state index >= 15 is 0 Å². The summed E-state index contributed by atoms with van der Waals surface area (Å²) in [7, 11) is 0. The number of hydrogen-bond donors (Lipinski definition) is 1. The summed E-state index contributed by atoms with van der Waals surface area (Å²) < 4.78 is 0. The smallest absolute Gasteiger partial charge is 0.250 e. The van der Waals surface area contributed by atoms with E-state index in [4.69, 9.17) is 11.6 Å². The first-order chi connectivity index (χ1) is 17.3. The molecule has 2 aromatic rings. The Morgan fingerprint density at radius 1 is 0.944 bits per heavy atom. The lowest BCUT2D eigenvalue weighted by Crippen LogP contribution is -2.61. The number of fused-ring (bicyclic) bond motifs is 5. The molecule has 7 atom stereocenters. The summed E-state index contributed by atoms with van der Waals surface area (Å²) in [5.74, 6) is 1.86. The van der Waals surface area contributed by atoms with Crippen molar-refractivity contribution in [2.75, 3.05) is 10.2 Å². The second-order valence-corrected chi connectivity index (χ2v) is 12.3. The van der Waals surface area contributed by atoms with Crippen LogP contribution >= 0.6 is 11.6 Å². The van der Waals surface area contributed by atoms with Crippen LogP contribution in [0.25, 0.3) is 0 Å². The zero-order valence-electron chi connectivity index (χ0n) is 21.1. The fourth-order valence-electron chi connectivity index (χ4n) is 8.61. The summed E-state index contributed by atoms with van der Waals surface area (Å²) in [5, 5.41) is 3.72. The summed E-state index contributed by atoms with van der Waals surface area (Å²) in [6.07, 6.45) is 10.4. The van der Waals surface area contributed by atoms with Crippen molar-refractivity contribution in [2.45, 2.75) is 58.4 Å². The van der Waals surface area contributed by atoms with Crippen LogP contribution in [0.1, 0.15) is 52.4 Å². The summed E-state index contributed by atoms with van der Waals surface area (Å²) in [6.45, 7) is 4.75. The van der Waals surface area contributed by atoms with Crippen molar-refractivity contribution in [1.29, 1.82) is 0 Å². The summed E-state index contributed by atoms with van der Waals surface area (Å²) >= 11 is 6.34. The Balaban J connectivity index is 1.26. The van der Waals surface area contributed by atoms with E-state index in [1.807, 2.05) is 48.5 Å². The van der Waals surface area contributed by atoms with Crippen LogP contribution in [-0.4, -0.2) is 17.9 Å². The van der Waals surface area contributed by atoms with Crippen LogP contribution in [0.4, 0.5) is 11.4 Å². The van der Waals surface area contributed by atoms with E-state index in [0.29, 0.717) is 28.5 Å². The van der Waals surface area contributed by atoms with Gasteiger partial charge in [0.15, 0.2) is 0 Å². The van der Waals surface area contributed by atoms with Crippen molar-refractivity contribution in [3.8, 4) is 0 Å². The largest absolute Gasteiger partial charge is 0.325 e. The zero-order chi connectivity index (χ0) is 25.1. The summed E-state index contributed by atoms with van der Waals surface area (Å²) in [6, 6.07) is 17.8. The minimum Gasteiger partial charge on any atom is -0.325 e. The van der Waals surface area contributed by atoms with Gasteiger partial charge in [-0.25, -0.2) is 0 Å². The van der Waals surface area contributed by atoms with Crippen LogP contribution in [0, 0.1) is 34.5 Å². The SMILES string of the molecule is C[C@]12C=CC(=O)N(c3ccccc3)[C@@H]1CC[C@@H]1[C@@H]2CC[C@]2(C)[C@@H](C(=O)Nc3ccccc3Cl)CC[C@@H]12. The van der Waals surface area contributed by atoms with E-state index in [1.54, 1.807) is 0 Å². The molecule has 4 nitrogen and oxygen atoms in total. The minimum atomic E-state index is -0.0497. The van der Waals surface area contributed by atoms with Crippen molar-refractivity contribution in [3.05, 3.63) is 71.8 Å². The Kier molecular flexibility index (Phi) is 5.79. The highest BCUT2D eigenvalue weighted by atomic mass is 35.5. The normalized spacial score (nSPS) is 37.1. The highest BCUT2D eigenvalue weighted by Crippen LogP contribution is 2.65. The zero-order valence-corrected chi connectivity index (χ0v) is 21.9. The van der Waals surface area contributed by atoms with E-state index in [0.717, 1.165) is 44.2 Å². The molecule has 2 aromatic carbocycles. The number of carbonyl (C=O) groups is 2. The third-order valence-corrected chi connectivity index (χ3v) is 10.7. The molecule has 0 spiro atoms. The highest BCUT2D eigenvalue weighted by Gasteiger charge is 2.61. The third kappa shape index (κ3) is 3.55. The van der Waals surface area contributed by atoms with Crippen LogP contribution in [0.15, 0.2) is 66.7 Å². The molecule has 36 heavy (non-hydrogen) atoms. The number of hydrogen-bond acceptors (Lipinski definition) is 2. The molecule has 0 saturated heterocycles. The fourth-order valence-corrected chi connectivity index (χ4v) is 8.79. The quantitative estimate of drug-likeness (QED) is 0.486. The van der Waals surface area contributed by atoms with Gasteiger partial charge in [-0.1, -0.05) is 61.9 Å². The number of carbonyl (C=O) groups excluding carboxylic acids is 2. The fraction of sp³-hybridized carbons (Fsp3) is 0.484. The maximum Gasteiger partial charge on any atom is 0.250 e. The van der Waals surface area contributed by atoms with Crippen LogP contribution < -0.4 is 10.2 Å². The molecular weight excluding hydrogens is 468 g/mol. The number of amides is 2. The van der Waals surface area contributed by atoms with Gasteiger partial charge in [-0.3, -0.25) is 9.59 Å². The van der Waals surface area contributed by atoms with Gasteiger partial charge in [-0.2, -0.15) is 0 Å². The van der Waals surface area contributed by atoms with Gasteiger partial charge in [0.2, 0.25) is 5.91 Å². The Morgan fingerprint density at radius 3 is 2.47 bits per heavy atom.